The van der Waals surface area contributed by atoms with E-state index >= 15 is 0 Å². The highest BCUT2D eigenvalue weighted by Crippen LogP contribution is 2.36. The lowest BCUT2D eigenvalue weighted by atomic mass is 10.1. The van der Waals surface area contributed by atoms with Gasteiger partial charge in [0.15, 0.2) is 0 Å². The third kappa shape index (κ3) is 9.22. The first kappa shape index (κ1) is 35.2. The number of hydrogen-bond acceptors (Lipinski definition) is 7. The summed E-state index contributed by atoms with van der Waals surface area (Å²) in [5.41, 5.74) is 4.69. The Morgan fingerprint density at radius 1 is 1.00 bits per heavy atom. The lowest BCUT2D eigenvalue weighted by Crippen LogP contribution is -2.37. The molecule has 1 heterocycles. The van der Waals surface area contributed by atoms with Crippen LogP contribution in [0, 0.1) is 6.92 Å². The molecule has 1 aromatic heterocycles. The van der Waals surface area contributed by atoms with Gasteiger partial charge in [-0.25, -0.2) is 4.98 Å². The maximum absolute atomic E-state index is 13.0. The van der Waals surface area contributed by atoms with Crippen molar-refractivity contribution in [2.24, 2.45) is 0 Å². The highest BCUT2D eigenvalue weighted by atomic mass is 35.5. The fraction of sp³-hybridized carbons (Fsp3) is 0.257. The van der Waals surface area contributed by atoms with E-state index in [1.165, 1.54) is 11.0 Å². The van der Waals surface area contributed by atoms with E-state index < -0.39 is 5.91 Å². The van der Waals surface area contributed by atoms with Crippen LogP contribution in [0.3, 0.4) is 0 Å². The quantitative estimate of drug-likeness (QED) is 0.159. The zero-order valence-corrected chi connectivity index (χ0v) is 28.5. The molecule has 0 saturated heterocycles. The third-order valence-corrected chi connectivity index (χ3v) is 8.09. The van der Waals surface area contributed by atoms with E-state index in [0.29, 0.717) is 33.1 Å². The summed E-state index contributed by atoms with van der Waals surface area (Å²) in [4.78, 5) is 45.3. The van der Waals surface area contributed by atoms with Crippen molar-refractivity contribution < 1.29 is 19.1 Å². The second-order valence-corrected chi connectivity index (χ2v) is 11.8. The number of nitrogens with zero attached hydrogens (tertiary/aromatic N) is 3. The number of rotatable bonds is 13. The van der Waals surface area contributed by atoms with Gasteiger partial charge in [0.1, 0.15) is 17.9 Å². The smallest absolute Gasteiger partial charge is 0.251 e. The number of carbonyl (C=O) groups excluding carboxylic acids is 3. The number of amides is 3. The number of aryl methyl sites for hydroxylation is 1. The first-order chi connectivity index (χ1) is 22.5. The second-order valence-electron chi connectivity index (χ2n) is 11.0. The number of ether oxygens (including phenoxy) is 1. The molecule has 0 bridgehead atoms. The minimum Gasteiger partial charge on any atom is -0.487 e. The Morgan fingerprint density at radius 3 is 2.45 bits per heavy atom. The van der Waals surface area contributed by atoms with Gasteiger partial charge in [0, 0.05) is 66.2 Å². The van der Waals surface area contributed by atoms with E-state index in [9.17, 15) is 14.4 Å². The van der Waals surface area contributed by atoms with Gasteiger partial charge in [-0.2, -0.15) is 0 Å². The van der Waals surface area contributed by atoms with Crippen LogP contribution >= 0.6 is 23.2 Å². The predicted molar refractivity (Wildman–Crippen MR) is 190 cm³/mol. The molecule has 0 spiro atoms. The molecular weight excluding hydrogens is 639 g/mol. The Balaban J connectivity index is 1.42. The molecule has 246 valence electrons. The van der Waals surface area contributed by atoms with Crippen molar-refractivity contribution in [3.8, 4) is 5.75 Å². The summed E-state index contributed by atoms with van der Waals surface area (Å²) in [5.74, 6) is -0.465. The van der Waals surface area contributed by atoms with Crippen molar-refractivity contribution in [2.75, 3.05) is 58.0 Å². The largest absolute Gasteiger partial charge is 0.487 e. The second kappa shape index (κ2) is 16.3. The van der Waals surface area contributed by atoms with Crippen molar-refractivity contribution >= 4 is 69.3 Å². The first-order valence-corrected chi connectivity index (χ1v) is 15.7. The molecule has 0 fully saturated rings. The van der Waals surface area contributed by atoms with Gasteiger partial charge in [0.2, 0.25) is 11.8 Å². The van der Waals surface area contributed by atoms with Crippen LogP contribution in [0.25, 0.3) is 17.0 Å². The summed E-state index contributed by atoms with van der Waals surface area (Å²) in [6.45, 7) is 3.37. The van der Waals surface area contributed by atoms with Crippen LogP contribution in [-0.2, 0) is 16.2 Å². The molecular formula is C35H38Cl2N6O4. The Bertz CT molecular complexity index is 1790. The van der Waals surface area contributed by atoms with Gasteiger partial charge in [-0.1, -0.05) is 47.5 Å². The molecule has 3 amide bonds. The normalized spacial score (nSPS) is 11.1. The van der Waals surface area contributed by atoms with Gasteiger partial charge in [0.05, 0.1) is 17.3 Å². The minimum absolute atomic E-state index is 0.0390. The Hall–Kier alpha value is -4.64. The Kier molecular flexibility index (Phi) is 12.2. The zero-order valence-electron chi connectivity index (χ0n) is 27.0. The summed E-state index contributed by atoms with van der Waals surface area (Å²) in [7, 11) is 7.18. The van der Waals surface area contributed by atoms with Crippen LogP contribution < -0.4 is 25.6 Å². The van der Waals surface area contributed by atoms with E-state index in [2.05, 4.69) is 20.9 Å². The SMILES string of the molecule is CNC(=O)c1ccc(/C=C/C(=O)NCC(=O)N(C)c2ccc(Cl)c(COc3cccc4c(NCCN(C)C)cc(C)nc34)c2Cl)cc1. The van der Waals surface area contributed by atoms with Gasteiger partial charge < -0.3 is 30.5 Å². The zero-order chi connectivity index (χ0) is 34.1. The number of benzene rings is 3. The van der Waals surface area contributed by atoms with Crippen LogP contribution in [0.1, 0.15) is 27.2 Å². The topological polar surface area (TPSA) is 116 Å². The van der Waals surface area contributed by atoms with E-state index in [1.807, 2.05) is 45.3 Å². The van der Waals surface area contributed by atoms with E-state index in [1.54, 1.807) is 56.6 Å². The van der Waals surface area contributed by atoms with Gasteiger partial charge in [0.25, 0.3) is 5.91 Å². The highest BCUT2D eigenvalue weighted by molar-refractivity contribution is 6.38. The Labute approximate surface area is 284 Å². The summed E-state index contributed by atoms with van der Waals surface area (Å²) in [6, 6.07) is 17.8. The number of fused-ring (bicyclic) bond motifs is 1. The molecule has 3 N–H and O–H groups in total. The van der Waals surface area contributed by atoms with E-state index in [4.69, 9.17) is 32.9 Å². The highest BCUT2D eigenvalue weighted by Gasteiger charge is 2.20. The maximum Gasteiger partial charge on any atom is 0.251 e. The molecule has 4 aromatic rings. The number of anilines is 2. The molecule has 0 aliphatic heterocycles. The lowest BCUT2D eigenvalue weighted by Gasteiger charge is -2.21. The molecule has 3 aromatic carbocycles. The minimum atomic E-state index is -0.451. The summed E-state index contributed by atoms with van der Waals surface area (Å²) >= 11 is 13.3. The van der Waals surface area contributed by atoms with Gasteiger partial charge in [-0.15, -0.1) is 0 Å². The van der Waals surface area contributed by atoms with Crippen LogP contribution in [-0.4, -0.2) is 75.4 Å². The van der Waals surface area contributed by atoms with Gasteiger partial charge in [-0.3, -0.25) is 14.4 Å². The number of likely N-dealkylation sites (N-methyl/N-ethyl adjacent to an activating group) is 2. The Morgan fingerprint density at radius 2 is 1.74 bits per heavy atom. The van der Waals surface area contributed by atoms with Crippen molar-refractivity contribution in [1.82, 2.24) is 20.5 Å². The molecule has 0 radical (unpaired) electrons. The number of pyridine rings is 1. The number of nitrogens with one attached hydrogen (secondary N) is 3. The van der Waals surface area contributed by atoms with Gasteiger partial charge in [-0.05, 0) is 69.1 Å². The number of carbonyl (C=O) groups is 3. The summed E-state index contributed by atoms with van der Waals surface area (Å²) in [6.07, 6.45) is 2.91. The van der Waals surface area contributed by atoms with Crippen molar-refractivity contribution in [3.05, 3.63) is 99.2 Å². The molecule has 0 aliphatic rings. The number of hydrogen-bond donors (Lipinski definition) is 3. The molecule has 0 unspecified atom stereocenters. The van der Waals surface area contributed by atoms with Crippen molar-refractivity contribution in [3.63, 3.8) is 0 Å². The van der Waals surface area contributed by atoms with Crippen LogP contribution in [0.15, 0.2) is 66.7 Å². The average molecular weight is 678 g/mol. The molecule has 0 atom stereocenters. The predicted octanol–water partition coefficient (Wildman–Crippen LogP) is 5.55. The summed E-state index contributed by atoms with van der Waals surface area (Å²) < 4.78 is 6.23. The van der Waals surface area contributed by atoms with Crippen LogP contribution in [0.5, 0.6) is 5.75 Å². The number of halogens is 2. The average Bonchev–Trinajstić information content (AvgIpc) is 3.05. The number of para-hydroxylation sites is 1. The summed E-state index contributed by atoms with van der Waals surface area (Å²) in [5, 5.41) is 10.2. The third-order valence-electron chi connectivity index (χ3n) is 7.32. The van der Waals surface area contributed by atoms with Crippen LogP contribution in [0.2, 0.25) is 10.0 Å². The lowest BCUT2D eigenvalue weighted by molar-refractivity contribution is -0.122. The van der Waals surface area contributed by atoms with Crippen LogP contribution in [0.4, 0.5) is 11.4 Å². The fourth-order valence-corrected chi connectivity index (χ4v) is 5.30. The molecule has 4 rings (SSSR count). The molecule has 0 saturated carbocycles. The molecule has 12 heteroatoms. The van der Waals surface area contributed by atoms with Crippen molar-refractivity contribution in [2.45, 2.75) is 13.5 Å². The van der Waals surface area contributed by atoms with E-state index in [-0.39, 0.29) is 30.0 Å². The molecule has 10 nitrogen and oxygen atoms in total. The standard InChI is InChI=1S/C35H38Cl2N6O4/c1-22-19-28(39-17-18-42(3)4)25-7-6-8-30(34(25)41-22)47-21-26-27(36)14-15-29(33(26)37)43(5)32(45)20-40-31(44)16-11-23-9-12-24(13-10-23)35(46)38-2/h6-16,19H,17-18,20-21H2,1-5H3,(H,38,46)(H,39,41)(H,40,44)/b16-11+. The number of aromatic nitrogens is 1. The monoisotopic (exact) mass is 676 g/mol. The molecule has 47 heavy (non-hydrogen) atoms. The van der Waals surface area contributed by atoms with Crippen molar-refractivity contribution in [1.29, 1.82) is 0 Å². The maximum atomic E-state index is 13.0. The first-order valence-electron chi connectivity index (χ1n) is 14.9. The fourth-order valence-electron chi connectivity index (χ4n) is 4.69. The van der Waals surface area contributed by atoms with E-state index in [0.717, 1.165) is 35.4 Å². The molecule has 0 aliphatic carbocycles. The van der Waals surface area contributed by atoms with Gasteiger partial charge >= 0.3 is 0 Å².